The molecule has 0 aromatic carbocycles. The molecule has 0 aliphatic carbocycles. The quantitative estimate of drug-likeness (QED) is 0.664. The summed E-state index contributed by atoms with van der Waals surface area (Å²) in [6, 6.07) is -0.231. The van der Waals surface area contributed by atoms with Gasteiger partial charge in [0.2, 0.25) is 0 Å². The Morgan fingerprint density at radius 3 is 2.71 bits per heavy atom. The van der Waals surface area contributed by atoms with Crippen LogP contribution in [0.4, 0.5) is 0 Å². The zero-order valence-corrected chi connectivity index (χ0v) is 10.6. The molecule has 1 atom stereocenters. The van der Waals surface area contributed by atoms with Crippen LogP contribution in [-0.2, 0) is 6.61 Å². The maximum atomic E-state index is 9.98. The second-order valence-electron chi connectivity index (χ2n) is 4.39. The number of aromatic hydroxyl groups is 1. The van der Waals surface area contributed by atoms with Crippen LogP contribution in [0, 0.1) is 6.92 Å². The van der Waals surface area contributed by atoms with Gasteiger partial charge in [0, 0.05) is 23.4 Å². The van der Waals surface area contributed by atoms with E-state index in [1.54, 1.807) is 13.1 Å². The van der Waals surface area contributed by atoms with E-state index in [1.165, 1.54) is 0 Å². The van der Waals surface area contributed by atoms with E-state index in [9.17, 15) is 10.2 Å². The average Bonchev–Trinajstić information content (AvgIpc) is 2.32. The molecule has 0 saturated heterocycles. The van der Waals surface area contributed by atoms with Crippen molar-refractivity contribution in [2.75, 3.05) is 0 Å². The summed E-state index contributed by atoms with van der Waals surface area (Å²) < 4.78 is 0. The first kappa shape index (κ1) is 13.9. The van der Waals surface area contributed by atoms with E-state index in [4.69, 9.17) is 5.73 Å². The number of aryl methyl sites for hydroxylation is 1. The van der Waals surface area contributed by atoms with E-state index in [1.807, 2.05) is 0 Å². The number of pyridine rings is 1. The van der Waals surface area contributed by atoms with Crippen LogP contribution in [0.15, 0.2) is 6.20 Å². The molecule has 4 nitrogen and oxygen atoms in total. The molecule has 96 valence electrons. The molecule has 0 aliphatic rings. The van der Waals surface area contributed by atoms with E-state index in [2.05, 4.69) is 11.9 Å². The summed E-state index contributed by atoms with van der Waals surface area (Å²) in [6.45, 7) is 3.73. The Labute approximate surface area is 102 Å². The second kappa shape index (κ2) is 6.57. The maximum Gasteiger partial charge on any atom is 0.141 e. The summed E-state index contributed by atoms with van der Waals surface area (Å²) in [6.07, 6.45) is 5.71. The molecule has 0 bridgehead atoms. The zero-order chi connectivity index (χ0) is 12.8. The van der Waals surface area contributed by atoms with Crippen LogP contribution in [0.5, 0.6) is 5.75 Å². The lowest BCUT2D eigenvalue weighted by Crippen LogP contribution is -2.14. The molecule has 0 spiro atoms. The van der Waals surface area contributed by atoms with Gasteiger partial charge in [0.25, 0.3) is 0 Å². The third kappa shape index (κ3) is 3.41. The van der Waals surface area contributed by atoms with Gasteiger partial charge < -0.3 is 15.9 Å². The standard InChI is InChI=1S/C13H22N2O2/c1-3-4-5-6-11(14)12-10(8-16)7-15-9(2)13(12)17/h7,11,16-17H,3-6,8,14H2,1-2H3/t11-/m0/s1. The number of aromatic nitrogens is 1. The first-order valence-corrected chi connectivity index (χ1v) is 6.15. The summed E-state index contributed by atoms with van der Waals surface area (Å²) in [5.41, 5.74) is 7.91. The molecule has 0 amide bonds. The van der Waals surface area contributed by atoms with E-state index in [-0.39, 0.29) is 18.4 Å². The number of rotatable bonds is 6. The molecule has 0 unspecified atom stereocenters. The molecular formula is C13H22N2O2. The SMILES string of the molecule is CCCCC[C@H](N)c1c(CO)cnc(C)c1O. The summed E-state index contributed by atoms with van der Waals surface area (Å²) in [7, 11) is 0. The molecule has 1 heterocycles. The van der Waals surface area contributed by atoms with E-state index in [0.717, 1.165) is 25.7 Å². The fraction of sp³-hybridized carbons (Fsp3) is 0.615. The number of aliphatic hydroxyl groups is 1. The maximum absolute atomic E-state index is 9.98. The molecule has 0 aliphatic heterocycles. The van der Waals surface area contributed by atoms with Crippen molar-refractivity contribution in [2.24, 2.45) is 5.73 Å². The van der Waals surface area contributed by atoms with Gasteiger partial charge >= 0.3 is 0 Å². The topological polar surface area (TPSA) is 79.4 Å². The number of hydrogen-bond donors (Lipinski definition) is 3. The van der Waals surface area contributed by atoms with Gasteiger partial charge in [0.1, 0.15) is 5.75 Å². The lowest BCUT2D eigenvalue weighted by atomic mass is 9.96. The number of aliphatic hydroxyl groups excluding tert-OH is 1. The van der Waals surface area contributed by atoms with Crippen molar-refractivity contribution >= 4 is 0 Å². The van der Waals surface area contributed by atoms with Crippen molar-refractivity contribution in [1.29, 1.82) is 0 Å². The van der Waals surface area contributed by atoms with Crippen molar-refractivity contribution in [1.82, 2.24) is 4.98 Å². The zero-order valence-electron chi connectivity index (χ0n) is 10.6. The van der Waals surface area contributed by atoms with E-state index >= 15 is 0 Å². The van der Waals surface area contributed by atoms with Crippen LogP contribution in [0.25, 0.3) is 0 Å². The van der Waals surface area contributed by atoms with Crippen molar-refractivity contribution in [3.8, 4) is 5.75 Å². The average molecular weight is 238 g/mol. The summed E-state index contributed by atoms with van der Waals surface area (Å²) in [5.74, 6) is 0.126. The Bertz CT molecular complexity index is 367. The third-order valence-corrected chi connectivity index (χ3v) is 3.02. The molecule has 1 rings (SSSR count). The van der Waals surface area contributed by atoms with Crippen LogP contribution in [0.3, 0.4) is 0 Å². The van der Waals surface area contributed by atoms with Crippen LogP contribution in [0.1, 0.15) is 55.5 Å². The van der Waals surface area contributed by atoms with Gasteiger partial charge in [-0.25, -0.2) is 0 Å². The van der Waals surface area contributed by atoms with Gasteiger partial charge in [-0.05, 0) is 13.3 Å². The van der Waals surface area contributed by atoms with Crippen molar-refractivity contribution < 1.29 is 10.2 Å². The highest BCUT2D eigenvalue weighted by atomic mass is 16.3. The lowest BCUT2D eigenvalue weighted by molar-refractivity contribution is 0.277. The van der Waals surface area contributed by atoms with Crippen molar-refractivity contribution in [3.63, 3.8) is 0 Å². The predicted molar refractivity (Wildman–Crippen MR) is 67.6 cm³/mol. The number of nitrogens with zero attached hydrogens (tertiary/aromatic N) is 1. The molecule has 1 aromatic rings. The second-order valence-corrected chi connectivity index (χ2v) is 4.39. The van der Waals surface area contributed by atoms with E-state index < -0.39 is 0 Å². The van der Waals surface area contributed by atoms with Gasteiger partial charge in [-0.2, -0.15) is 0 Å². The van der Waals surface area contributed by atoms with Crippen LogP contribution in [-0.4, -0.2) is 15.2 Å². The summed E-state index contributed by atoms with van der Waals surface area (Å²) in [5, 5.41) is 19.2. The Hall–Kier alpha value is -1.13. The molecule has 1 aromatic heterocycles. The molecule has 4 N–H and O–H groups in total. The van der Waals surface area contributed by atoms with Gasteiger partial charge in [0.05, 0.1) is 12.3 Å². The highest BCUT2D eigenvalue weighted by Gasteiger charge is 2.17. The minimum atomic E-state index is -0.231. The molecule has 17 heavy (non-hydrogen) atoms. The minimum absolute atomic E-state index is 0.126. The highest BCUT2D eigenvalue weighted by molar-refractivity contribution is 5.42. The number of unbranched alkanes of at least 4 members (excludes halogenated alkanes) is 2. The van der Waals surface area contributed by atoms with E-state index in [0.29, 0.717) is 16.8 Å². The van der Waals surface area contributed by atoms with Gasteiger partial charge in [-0.1, -0.05) is 26.2 Å². The number of hydrogen-bond acceptors (Lipinski definition) is 4. The smallest absolute Gasteiger partial charge is 0.141 e. The molecule has 0 radical (unpaired) electrons. The van der Waals surface area contributed by atoms with Crippen LogP contribution < -0.4 is 5.73 Å². The Morgan fingerprint density at radius 1 is 1.41 bits per heavy atom. The van der Waals surface area contributed by atoms with Crippen LogP contribution >= 0.6 is 0 Å². The normalized spacial score (nSPS) is 12.7. The van der Waals surface area contributed by atoms with Crippen molar-refractivity contribution in [2.45, 2.75) is 52.2 Å². The monoisotopic (exact) mass is 238 g/mol. The van der Waals surface area contributed by atoms with Gasteiger partial charge in [-0.3, -0.25) is 4.98 Å². The lowest BCUT2D eigenvalue weighted by Gasteiger charge is -2.17. The third-order valence-electron chi connectivity index (χ3n) is 3.02. The fourth-order valence-corrected chi connectivity index (χ4v) is 1.95. The summed E-state index contributed by atoms with van der Waals surface area (Å²) in [4.78, 5) is 4.02. The first-order chi connectivity index (χ1) is 8.11. The predicted octanol–water partition coefficient (Wildman–Crippen LogP) is 2.17. The van der Waals surface area contributed by atoms with Gasteiger partial charge in [0.15, 0.2) is 0 Å². The van der Waals surface area contributed by atoms with Gasteiger partial charge in [-0.15, -0.1) is 0 Å². The number of nitrogens with two attached hydrogens (primary N) is 1. The molecule has 0 fully saturated rings. The Balaban J connectivity index is 2.90. The largest absolute Gasteiger partial charge is 0.506 e. The Kier molecular flexibility index (Phi) is 5.38. The minimum Gasteiger partial charge on any atom is -0.506 e. The molecule has 0 saturated carbocycles. The summed E-state index contributed by atoms with van der Waals surface area (Å²) >= 11 is 0. The van der Waals surface area contributed by atoms with Crippen LogP contribution in [0.2, 0.25) is 0 Å². The fourth-order valence-electron chi connectivity index (χ4n) is 1.95. The highest BCUT2D eigenvalue weighted by Crippen LogP contribution is 2.31. The Morgan fingerprint density at radius 2 is 2.12 bits per heavy atom. The molecular weight excluding hydrogens is 216 g/mol. The molecule has 4 heteroatoms. The van der Waals surface area contributed by atoms with Crippen molar-refractivity contribution in [3.05, 3.63) is 23.0 Å². The first-order valence-electron chi connectivity index (χ1n) is 6.15.